The van der Waals surface area contributed by atoms with E-state index in [1.54, 1.807) is 0 Å². The number of benzene rings is 3. The molecule has 1 unspecified atom stereocenters. The van der Waals surface area contributed by atoms with Crippen LogP contribution in [0, 0.1) is 0 Å². The van der Waals surface area contributed by atoms with Crippen LogP contribution in [0.3, 0.4) is 0 Å². The summed E-state index contributed by atoms with van der Waals surface area (Å²) in [6, 6.07) is 22.5. The van der Waals surface area contributed by atoms with Gasteiger partial charge in [0.25, 0.3) is 0 Å². The normalized spacial score (nSPS) is 16.3. The molecule has 1 N–H and O–H groups in total. The molecule has 0 amide bonds. The minimum Gasteiger partial charge on any atom is -0.388 e. The quantitative estimate of drug-likeness (QED) is 0.615. The number of rotatable bonds is 5. The summed E-state index contributed by atoms with van der Waals surface area (Å²) in [5.74, 6) is 0. The smallest absolute Gasteiger partial charge is 0.0808 e. The van der Waals surface area contributed by atoms with Crippen LogP contribution in [0.2, 0.25) is 5.02 Å². The average molecular weight is 378 g/mol. The topological polar surface area (TPSA) is 23.5 Å². The predicted octanol–water partition coefficient (Wildman–Crippen LogP) is 5.71. The van der Waals surface area contributed by atoms with Crippen molar-refractivity contribution in [2.45, 2.75) is 18.9 Å². The number of halogens is 1. The first-order valence-corrected chi connectivity index (χ1v) is 9.91. The molecule has 1 aliphatic rings. The Balaban J connectivity index is 1.37. The highest BCUT2D eigenvalue weighted by molar-refractivity contribution is 6.30. The van der Waals surface area contributed by atoms with Crippen molar-refractivity contribution < 1.29 is 5.11 Å². The van der Waals surface area contributed by atoms with Crippen molar-refractivity contribution in [2.75, 3.05) is 19.6 Å². The molecule has 0 fully saturated rings. The van der Waals surface area contributed by atoms with Gasteiger partial charge in [-0.2, -0.15) is 0 Å². The molecular formula is C24H24ClNO. The zero-order valence-corrected chi connectivity index (χ0v) is 16.1. The summed E-state index contributed by atoms with van der Waals surface area (Å²) in [7, 11) is 0. The summed E-state index contributed by atoms with van der Waals surface area (Å²) < 4.78 is 0. The molecule has 0 aromatic heterocycles. The van der Waals surface area contributed by atoms with E-state index < -0.39 is 6.10 Å². The number of hydrogen-bond acceptors (Lipinski definition) is 2. The zero-order valence-electron chi connectivity index (χ0n) is 15.3. The summed E-state index contributed by atoms with van der Waals surface area (Å²) >= 11 is 5.98. The maximum Gasteiger partial charge on any atom is 0.0808 e. The van der Waals surface area contributed by atoms with Gasteiger partial charge in [-0.1, -0.05) is 72.3 Å². The van der Waals surface area contributed by atoms with Crippen LogP contribution in [0.1, 0.15) is 30.1 Å². The van der Waals surface area contributed by atoms with Gasteiger partial charge >= 0.3 is 0 Å². The molecule has 3 aromatic carbocycles. The van der Waals surface area contributed by atoms with Gasteiger partial charge in [-0.15, -0.1) is 0 Å². The summed E-state index contributed by atoms with van der Waals surface area (Å²) in [4.78, 5) is 2.41. The van der Waals surface area contributed by atoms with Crippen LogP contribution in [0.15, 0.2) is 72.8 Å². The van der Waals surface area contributed by atoms with Gasteiger partial charge in [-0.05, 0) is 52.4 Å². The van der Waals surface area contributed by atoms with Gasteiger partial charge in [0.2, 0.25) is 0 Å². The average Bonchev–Trinajstić information content (AvgIpc) is 2.72. The fourth-order valence-corrected chi connectivity index (χ4v) is 3.97. The second kappa shape index (κ2) is 8.26. The van der Waals surface area contributed by atoms with Gasteiger partial charge in [0.1, 0.15) is 0 Å². The first kappa shape index (κ1) is 18.2. The minimum atomic E-state index is -0.433. The molecule has 0 saturated heterocycles. The minimum absolute atomic E-state index is 0.433. The van der Waals surface area contributed by atoms with Crippen molar-refractivity contribution >= 4 is 27.9 Å². The first-order valence-electron chi connectivity index (χ1n) is 9.54. The Kier molecular flexibility index (Phi) is 5.58. The van der Waals surface area contributed by atoms with Gasteiger partial charge in [-0.3, -0.25) is 4.90 Å². The molecule has 0 aliphatic carbocycles. The Morgan fingerprint density at radius 2 is 1.74 bits per heavy atom. The van der Waals surface area contributed by atoms with Crippen LogP contribution in [0.25, 0.3) is 16.3 Å². The van der Waals surface area contributed by atoms with Gasteiger partial charge in [-0.25, -0.2) is 0 Å². The Morgan fingerprint density at radius 1 is 0.963 bits per heavy atom. The Hall–Kier alpha value is -2.13. The van der Waals surface area contributed by atoms with Crippen LogP contribution >= 0.6 is 11.6 Å². The van der Waals surface area contributed by atoms with E-state index in [1.807, 2.05) is 36.4 Å². The van der Waals surface area contributed by atoms with Crippen LogP contribution in [0.5, 0.6) is 0 Å². The van der Waals surface area contributed by atoms with Gasteiger partial charge in [0.05, 0.1) is 6.10 Å². The number of aliphatic hydroxyl groups is 1. The highest BCUT2D eigenvalue weighted by atomic mass is 35.5. The molecular weight excluding hydrogens is 354 g/mol. The van der Waals surface area contributed by atoms with Gasteiger partial charge in [0.15, 0.2) is 0 Å². The lowest BCUT2D eigenvalue weighted by Crippen LogP contribution is -2.30. The van der Waals surface area contributed by atoms with Crippen molar-refractivity contribution in [3.05, 3.63) is 89.0 Å². The fraction of sp³-hybridized carbons (Fsp3) is 0.250. The van der Waals surface area contributed by atoms with Crippen LogP contribution in [-0.4, -0.2) is 29.6 Å². The standard InChI is InChI=1S/C24H24ClNO/c25-21-10-8-18(9-11-21)19-12-15-26(16-13-19)17-14-24(27)23-7-3-5-20-4-1-2-6-22(20)23/h1-12,24,27H,13-17H2. The monoisotopic (exact) mass is 377 g/mol. The first-order chi connectivity index (χ1) is 13.2. The SMILES string of the molecule is OC(CCN1CC=C(c2ccc(Cl)cc2)CC1)c1cccc2ccccc12. The van der Waals surface area contributed by atoms with E-state index in [9.17, 15) is 5.11 Å². The van der Waals surface area contributed by atoms with Crippen LogP contribution < -0.4 is 0 Å². The lowest BCUT2D eigenvalue weighted by molar-refractivity contribution is 0.146. The third-order valence-corrected chi connectivity index (χ3v) is 5.66. The lowest BCUT2D eigenvalue weighted by Gasteiger charge is -2.27. The molecule has 0 spiro atoms. The van der Waals surface area contributed by atoms with Crippen molar-refractivity contribution in [1.82, 2.24) is 4.90 Å². The summed E-state index contributed by atoms with van der Waals surface area (Å²) in [5.41, 5.74) is 3.68. The van der Waals surface area contributed by atoms with E-state index in [0.29, 0.717) is 0 Å². The van der Waals surface area contributed by atoms with E-state index in [2.05, 4.69) is 41.3 Å². The van der Waals surface area contributed by atoms with E-state index in [0.717, 1.165) is 48.4 Å². The van der Waals surface area contributed by atoms with Crippen molar-refractivity contribution in [3.63, 3.8) is 0 Å². The Labute approximate surface area is 165 Å². The van der Waals surface area contributed by atoms with Crippen molar-refractivity contribution in [2.24, 2.45) is 0 Å². The molecule has 0 saturated carbocycles. The maximum atomic E-state index is 10.8. The van der Waals surface area contributed by atoms with Gasteiger partial charge in [0, 0.05) is 24.7 Å². The largest absolute Gasteiger partial charge is 0.388 e. The molecule has 1 heterocycles. The summed E-state index contributed by atoms with van der Waals surface area (Å²) in [6.07, 6.45) is 3.65. The van der Waals surface area contributed by atoms with Crippen molar-refractivity contribution in [1.29, 1.82) is 0 Å². The predicted molar refractivity (Wildman–Crippen MR) is 114 cm³/mol. The zero-order chi connectivity index (χ0) is 18.6. The summed E-state index contributed by atoms with van der Waals surface area (Å²) in [6.45, 7) is 2.85. The Bertz CT molecular complexity index is 943. The third kappa shape index (κ3) is 4.24. The lowest BCUT2D eigenvalue weighted by atomic mass is 9.97. The van der Waals surface area contributed by atoms with E-state index >= 15 is 0 Å². The fourth-order valence-electron chi connectivity index (χ4n) is 3.84. The molecule has 1 aliphatic heterocycles. The molecule has 138 valence electrons. The second-order valence-electron chi connectivity index (χ2n) is 7.16. The van der Waals surface area contributed by atoms with Crippen LogP contribution in [0.4, 0.5) is 0 Å². The molecule has 3 heteroatoms. The van der Waals surface area contributed by atoms with Gasteiger partial charge < -0.3 is 5.11 Å². The van der Waals surface area contributed by atoms with Crippen LogP contribution in [-0.2, 0) is 0 Å². The van der Waals surface area contributed by atoms with Crippen molar-refractivity contribution in [3.8, 4) is 0 Å². The number of nitrogens with zero attached hydrogens (tertiary/aromatic N) is 1. The molecule has 0 bridgehead atoms. The molecule has 0 radical (unpaired) electrons. The van der Waals surface area contributed by atoms with E-state index in [1.165, 1.54) is 16.5 Å². The summed E-state index contributed by atoms with van der Waals surface area (Å²) in [5, 5.41) is 13.9. The number of aliphatic hydroxyl groups excluding tert-OH is 1. The number of fused-ring (bicyclic) bond motifs is 1. The number of hydrogen-bond donors (Lipinski definition) is 1. The molecule has 1 atom stereocenters. The van der Waals surface area contributed by atoms with E-state index in [4.69, 9.17) is 11.6 Å². The second-order valence-corrected chi connectivity index (χ2v) is 7.60. The van der Waals surface area contributed by atoms with E-state index in [-0.39, 0.29) is 0 Å². The Morgan fingerprint density at radius 3 is 2.52 bits per heavy atom. The highest BCUT2D eigenvalue weighted by Gasteiger charge is 2.16. The third-order valence-electron chi connectivity index (χ3n) is 5.41. The highest BCUT2D eigenvalue weighted by Crippen LogP contribution is 2.28. The molecule has 27 heavy (non-hydrogen) atoms. The molecule has 4 rings (SSSR count). The maximum absolute atomic E-state index is 10.8. The molecule has 2 nitrogen and oxygen atoms in total. The molecule has 3 aromatic rings.